The number of rotatable bonds is 3. The number of hydrogen-bond acceptors (Lipinski definition) is 1. The molecular formula is C12H14N2S. The molecule has 0 atom stereocenters. The van der Waals surface area contributed by atoms with Gasteiger partial charge in [-0.3, -0.25) is 0 Å². The van der Waals surface area contributed by atoms with Crippen molar-refractivity contribution in [3.8, 4) is 0 Å². The summed E-state index contributed by atoms with van der Waals surface area (Å²) in [5.41, 5.74) is 2.67. The fourth-order valence-corrected chi connectivity index (χ4v) is 1.86. The van der Waals surface area contributed by atoms with Gasteiger partial charge in [0.2, 0.25) is 0 Å². The third-order valence-electron chi connectivity index (χ3n) is 2.45. The van der Waals surface area contributed by atoms with Gasteiger partial charge in [0.25, 0.3) is 0 Å². The first-order valence-electron chi connectivity index (χ1n) is 5.05. The lowest BCUT2D eigenvalue weighted by molar-refractivity contribution is 0.686. The zero-order chi connectivity index (χ0) is 10.7. The van der Waals surface area contributed by atoms with Crippen molar-refractivity contribution < 1.29 is 0 Å². The Hall–Kier alpha value is -1.35. The summed E-state index contributed by atoms with van der Waals surface area (Å²) in [5, 5.41) is 0. The zero-order valence-corrected chi connectivity index (χ0v) is 9.55. The monoisotopic (exact) mass is 218 g/mol. The first-order chi connectivity index (χ1) is 7.25. The van der Waals surface area contributed by atoms with Gasteiger partial charge < -0.3 is 9.55 Å². The van der Waals surface area contributed by atoms with E-state index in [2.05, 4.69) is 40.7 Å². The normalized spacial score (nSPS) is 10.5. The number of hydrogen-bond donors (Lipinski definition) is 1. The van der Waals surface area contributed by atoms with Crippen molar-refractivity contribution in [2.75, 3.05) is 0 Å². The number of aryl methyl sites for hydroxylation is 3. The van der Waals surface area contributed by atoms with Gasteiger partial charge in [0, 0.05) is 18.9 Å². The van der Waals surface area contributed by atoms with Gasteiger partial charge in [-0.05, 0) is 31.1 Å². The quantitative estimate of drug-likeness (QED) is 0.785. The third-order valence-corrected chi connectivity index (χ3v) is 2.80. The summed E-state index contributed by atoms with van der Waals surface area (Å²) in [4.78, 5) is 2.99. The van der Waals surface area contributed by atoms with E-state index in [1.165, 1.54) is 11.1 Å². The van der Waals surface area contributed by atoms with Crippen molar-refractivity contribution in [3.63, 3.8) is 0 Å². The number of H-pyrrole nitrogens is 1. The number of benzene rings is 1. The van der Waals surface area contributed by atoms with Crippen LogP contribution in [0.2, 0.25) is 0 Å². The van der Waals surface area contributed by atoms with Crippen LogP contribution in [-0.2, 0) is 13.0 Å². The summed E-state index contributed by atoms with van der Waals surface area (Å²) in [6.45, 7) is 3.05. The van der Waals surface area contributed by atoms with Crippen molar-refractivity contribution in [2.24, 2.45) is 0 Å². The minimum absolute atomic E-state index is 0.794. The molecule has 1 N–H and O–H groups in total. The van der Waals surface area contributed by atoms with Crippen LogP contribution in [0.15, 0.2) is 36.7 Å². The molecule has 0 fully saturated rings. The molecule has 2 aromatic rings. The molecule has 0 aliphatic heterocycles. The van der Waals surface area contributed by atoms with E-state index in [0.29, 0.717) is 0 Å². The number of imidazole rings is 1. The average Bonchev–Trinajstić information content (AvgIpc) is 2.61. The van der Waals surface area contributed by atoms with Gasteiger partial charge in [0.05, 0.1) is 0 Å². The van der Waals surface area contributed by atoms with Gasteiger partial charge in [-0.25, -0.2) is 0 Å². The van der Waals surface area contributed by atoms with Crippen LogP contribution in [0.5, 0.6) is 0 Å². The molecule has 78 valence electrons. The highest BCUT2D eigenvalue weighted by Gasteiger charge is 1.95. The van der Waals surface area contributed by atoms with E-state index in [1.807, 2.05) is 12.4 Å². The minimum atomic E-state index is 0.794. The Bertz CT molecular complexity index is 496. The van der Waals surface area contributed by atoms with E-state index in [-0.39, 0.29) is 0 Å². The molecule has 0 radical (unpaired) electrons. The highest BCUT2D eigenvalue weighted by molar-refractivity contribution is 7.71. The lowest BCUT2D eigenvalue weighted by atomic mass is 10.1. The van der Waals surface area contributed by atoms with Gasteiger partial charge in [-0.1, -0.05) is 29.8 Å². The maximum Gasteiger partial charge on any atom is 0.177 e. The average molecular weight is 218 g/mol. The molecule has 0 amide bonds. The standard InChI is InChI=1S/C12H14N2S/c1-10-3-2-4-11(9-10)5-7-14-8-6-13-12(14)15/h2-4,6,8-9H,5,7H2,1H3,(H,13,15). The second kappa shape index (κ2) is 4.45. The van der Waals surface area contributed by atoms with Gasteiger partial charge >= 0.3 is 0 Å². The Kier molecular flexibility index (Phi) is 3.02. The van der Waals surface area contributed by atoms with Crippen molar-refractivity contribution in [3.05, 3.63) is 52.6 Å². The second-order valence-corrected chi connectivity index (χ2v) is 4.08. The summed E-state index contributed by atoms with van der Waals surface area (Å²) in [5.74, 6) is 0. The van der Waals surface area contributed by atoms with E-state index in [9.17, 15) is 0 Å². The van der Waals surface area contributed by atoms with E-state index in [0.717, 1.165) is 17.7 Å². The van der Waals surface area contributed by atoms with E-state index in [1.54, 1.807) is 0 Å². The summed E-state index contributed by atoms with van der Waals surface area (Å²) in [6.07, 6.45) is 4.88. The SMILES string of the molecule is Cc1cccc(CCn2cc[nH]c2=S)c1. The van der Waals surface area contributed by atoms with Gasteiger partial charge in [0.1, 0.15) is 0 Å². The molecule has 0 saturated carbocycles. The molecule has 0 aliphatic rings. The fraction of sp³-hybridized carbons (Fsp3) is 0.250. The number of nitrogens with zero attached hydrogens (tertiary/aromatic N) is 1. The van der Waals surface area contributed by atoms with Crippen LogP contribution in [-0.4, -0.2) is 9.55 Å². The van der Waals surface area contributed by atoms with Crippen LogP contribution in [0, 0.1) is 11.7 Å². The predicted octanol–water partition coefficient (Wildman–Crippen LogP) is 3.10. The molecule has 2 rings (SSSR count). The lowest BCUT2D eigenvalue weighted by Gasteiger charge is -2.03. The molecule has 2 nitrogen and oxygen atoms in total. The molecule has 0 bridgehead atoms. The molecule has 1 heterocycles. The number of aromatic amines is 1. The molecule has 0 unspecified atom stereocenters. The first-order valence-corrected chi connectivity index (χ1v) is 5.46. The minimum Gasteiger partial charge on any atom is -0.337 e. The molecule has 1 aromatic carbocycles. The predicted molar refractivity (Wildman–Crippen MR) is 64.5 cm³/mol. The molecule has 1 aromatic heterocycles. The smallest absolute Gasteiger partial charge is 0.177 e. The Balaban J connectivity index is 2.05. The van der Waals surface area contributed by atoms with Crippen molar-refractivity contribution in [1.82, 2.24) is 9.55 Å². The molecular weight excluding hydrogens is 204 g/mol. The van der Waals surface area contributed by atoms with Crippen LogP contribution in [0.4, 0.5) is 0 Å². The van der Waals surface area contributed by atoms with Crippen LogP contribution in [0.25, 0.3) is 0 Å². The summed E-state index contributed by atoms with van der Waals surface area (Å²) in [6, 6.07) is 8.59. The topological polar surface area (TPSA) is 20.7 Å². The van der Waals surface area contributed by atoms with Gasteiger partial charge in [-0.15, -0.1) is 0 Å². The Morgan fingerprint density at radius 2 is 2.27 bits per heavy atom. The van der Waals surface area contributed by atoms with Crippen molar-refractivity contribution in [2.45, 2.75) is 19.9 Å². The molecule has 3 heteroatoms. The highest BCUT2D eigenvalue weighted by Crippen LogP contribution is 2.06. The fourth-order valence-electron chi connectivity index (χ4n) is 1.64. The summed E-state index contributed by atoms with van der Waals surface area (Å²) < 4.78 is 2.85. The first kappa shape index (κ1) is 10.2. The number of nitrogens with one attached hydrogen (secondary N) is 1. The maximum absolute atomic E-state index is 5.13. The van der Waals surface area contributed by atoms with Crippen molar-refractivity contribution >= 4 is 12.2 Å². The summed E-state index contributed by atoms with van der Waals surface area (Å²) >= 11 is 5.13. The molecule has 0 spiro atoms. The lowest BCUT2D eigenvalue weighted by Crippen LogP contribution is -2.00. The zero-order valence-electron chi connectivity index (χ0n) is 8.73. The van der Waals surface area contributed by atoms with Crippen LogP contribution in [0.1, 0.15) is 11.1 Å². The molecule has 15 heavy (non-hydrogen) atoms. The molecule has 0 saturated heterocycles. The van der Waals surface area contributed by atoms with Gasteiger partial charge in [-0.2, -0.15) is 0 Å². The number of aromatic nitrogens is 2. The Labute approximate surface area is 94.6 Å². The van der Waals surface area contributed by atoms with E-state index in [4.69, 9.17) is 12.2 Å². The highest BCUT2D eigenvalue weighted by atomic mass is 32.1. The Morgan fingerprint density at radius 3 is 2.93 bits per heavy atom. The largest absolute Gasteiger partial charge is 0.337 e. The van der Waals surface area contributed by atoms with Crippen LogP contribution >= 0.6 is 12.2 Å². The Morgan fingerprint density at radius 1 is 1.40 bits per heavy atom. The van der Waals surface area contributed by atoms with Crippen LogP contribution in [0.3, 0.4) is 0 Å². The van der Waals surface area contributed by atoms with E-state index >= 15 is 0 Å². The third kappa shape index (κ3) is 2.57. The summed E-state index contributed by atoms with van der Waals surface area (Å²) in [7, 11) is 0. The van der Waals surface area contributed by atoms with E-state index < -0.39 is 0 Å². The van der Waals surface area contributed by atoms with Crippen molar-refractivity contribution in [1.29, 1.82) is 0 Å². The molecule has 0 aliphatic carbocycles. The van der Waals surface area contributed by atoms with Gasteiger partial charge in [0.15, 0.2) is 4.77 Å². The second-order valence-electron chi connectivity index (χ2n) is 3.70. The maximum atomic E-state index is 5.13. The van der Waals surface area contributed by atoms with Crippen LogP contribution < -0.4 is 0 Å².